The molecule has 0 saturated carbocycles. The first-order valence-electron chi connectivity index (χ1n) is 6.82. The molecule has 1 aromatic rings. The number of hydrogen-bond donors (Lipinski definition) is 2. The second-order valence-corrected chi connectivity index (χ2v) is 6.36. The number of rotatable bonds is 8. The number of nitrogens with zero attached hydrogens (tertiary/aromatic N) is 1. The largest absolute Gasteiger partial charge is 0.392 e. The van der Waals surface area contributed by atoms with Crippen LogP contribution in [-0.2, 0) is 11.2 Å². The monoisotopic (exact) mass is 286 g/mol. The zero-order chi connectivity index (χ0) is 14.4. The van der Waals surface area contributed by atoms with Crippen molar-refractivity contribution >= 4 is 11.3 Å². The Labute approximate surface area is 120 Å². The van der Waals surface area contributed by atoms with Crippen molar-refractivity contribution in [3.63, 3.8) is 0 Å². The van der Waals surface area contributed by atoms with E-state index in [1.54, 1.807) is 18.4 Å². The second kappa shape index (κ2) is 7.94. The third-order valence-corrected chi connectivity index (χ3v) is 4.59. The molecule has 19 heavy (non-hydrogen) atoms. The molecular weight excluding hydrogens is 260 g/mol. The molecular formula is C14H26N2O2S. The van der Waals surface area contributed by atoms with Gasteiger partial charge < -0.3 is 15.2 Å². The van der Waals surface area contributed by atoms with Gasteiger partial charge in [-0.05, 0) is 19.8 Å². The lowest BCUT2D eigenvalue weighted by Crippen LogP contribution is -2.32. The van der Waals surface area contributed by atoms with Crippen LogP contribution in [0.4, 0.5) is 0 Å². The van der Waals surface area contributed by atoms with Crippen LogP contribution in [0.5, 0.6) is 0 Å². The van der Waals surface area contributed by atoms with Gasteiger partial charge in [-0.2, -0.15) is 0 Å². The average molecular weight is 286 g/mol. The van der Waals surface area contributed by atoms with Gasteiger partial charge in [0.15, 0.2) is 0 Å². The number of aliphatic hydroxyl groups excluding tert-OH is 1. The standard InChI is InChI=1S/C14H26N2O2S/c1-9(2)12(17)8-15-10(3)14-11(4)16-13(19-14)6-7-18-5/h9-10,12,15,17H,6-8H2,1-5H3. The highest BCUT2D eigenvalue weighted by atomic mass is 32.1. The van der Waals surface area contributed by atoms with Gasteiger partial charge in [-0.25, -0.2) is 4.98 Å². The fourth-order valence-corrected chi connectivity index (χ4v) is 2.86. The van der Waals surface area contributed by atoms with Gasteiger partial charge in [0.25, 0.3) is 0 Å². The van der Waals surface area contributed by atoms with E-state index in [2.05, 4.69) is 17.2 Å². The van der Waals surface area contributed by atoms with Gasteiger partial charge in [0.2, 0.25) is 0 Å². The predicted molar refractivity (Wildman–Crippen MR) is 79.7 cm³/mol. The molecule has 0 bridgehead atoms. The van der Waals surface area contributed by atoms with Crippen molar-refractivity contribution in [1.82, 2.24) is 10.3 Å². The van der Waals surface area contributed by atoms with Crippen LogP contribution in [-0.4, -0.2) is 36.5 Å². The van der Waals surface area contributed by atoms with Crippen LogP contribution in [0.15, 0.2) is 0 Å². The Kier molecular flexibility index (Phi) is 6.93. The number of ether oxygens (including phenoxy) is 1. The molecule has 0 spiro atoms. The van der Waals surface area contributed by atoms with Gasteiger partial charge in [-0.3, -0.25) is 0 Å². The average Bonchev–Trinajstić information content (AvgIpc) is 2.74. The van der Waals surface area contributed by atoms with E-state index in [9.17, 15) is 5.11 Å². The Balaban J connectivity index is 2.56. The summed E-state index contributed by atoms with van der Waals surface area (Å²) in [4.78, 5) is 5.82. The third-order valence-electron chi connectivity index (χ3n) is 3.19. The predicted octanol–water partition coefficient (Wildman–Crippen LogP) is 2.31. The number of aromatic nitrogens is 1. The minimum atomic E-state index is -0.302. The summed E-state index contributed by atoms with van der Waals surface area (Å²) in [6, 6.07) is 0.224. The zero-order valence-corrected chi connectivity index (χ0v) is 13.4. The highest BCUT2D eigenvalue weighted by Crippen LogP contribution is 2.25. The van der Waals surface area contributed by atoms with Crippen LogP contribution in [0.3, 0.4) is 0 Å². The molecule has 1 heterocycles. The number of hydrogen-bond acceptors (Lipinski definition) is 5. The molecule has 0 aliphatic heterocycles. The molecule has 0 aliphatic carbocycles. The summed E-state index contributed by atoms with van der Waals surface area (Å²) in [5, 5.41) is 14.3. The number of methoxy groups -OCH3 is 1. The van der Waals surface area contributed by atoms with Crippen LogP contribution in [0.25, 0.3) is 0 Å². The van der Waals surface area contributed by atoms with Gasteiger partial charge >= 0.3 is 0 Å². The van der Waals surface area contributed by atoms with E-state index in [-0.39, 0.29) is 18.1 Å². The molecule has 1 rings (SSSR count). The molecule has 2 atom stereocenters. The minimum Gasteiger partial charge on any atom is -0.392 e. The number of aryl methyl sites for hydroxylation is 1. The first-order valence-corrected chi connectivity index (χ1v) is 7.64. The molecule has 0 radical (unpaired) electrons. The topological polar surface area (TPSA) is 54.4 Å². The first-order chi connectivity index (χ1) is 8.95. The molecule has 2 unspecified atom stereocenters. The minimum absolute atomic E-state index is 0.224. The van der Waals surface area contributed by atoms with Crippen LogP contribution < -0.4 is 5.32 Å². The lowest BCUT2D eigenvalue weighted by atomic mass is 10.1. The van der Waals surface area contributed by atoms with Crippen molar-refractivity contribution in [3.05, 3.63) is 15.6 Å². The molecule has 0 saturated heterocycles. The van der Waals surface area contributed by atoms with Crippen molar-refractivity contribution in [3.8, 4) is 0 Å². The maximum atomic E-state index is 9.82. The summed E-state index contributed by atoms with van der Waals surface area (Å²) in [7, 11) is 1.71. The highest BCUT2D eigenvalue weighted by molar-refractivity contribution is 7.11. The van der Waals surface area contributed by atoms with Gasteiger partial charge in [0.1, 0.15) is 0 Å². The van der Waals surface area contributed by atoms with Crippen molar-refractivity contribution in [1.29, 1.82) is 0 Å². The summed E-state index contributed by atoms with van der Waals surface area (Å²) in [5.41, 5.74) is 1.08. The molecule has 4 nitrogen and oxygen atoms in total. The summed E-state index contributed by atoms with van der Waals surface area (Å²) >= 11 is 1.73. The van der Waals surface area contributed by atoms with Crippen molar-refractivity contribution < 1.29 is 9.84 Å². The Hall–Kier alpha value is -0.490. The second-order valence-electron chi connectivity index (χ2n) is 5.24. The van der Waals surface area contributed by atoms with E-state index >= 15 is 0 Å². The molecule has 0 fully saturated rings. The first kappa shape index (κ1) is 16.6. The molecule has 2 N–H and O–H groups in total. The van der Waals surface area contributed by atoms with Crippen LogP contribution in [0.1, 0.15) is 42.4 Å². The fourth-order valence-electron chi connectivity index (χ4n) is 1.79. The lowest BCUT2D eigenvalue weighted by Gasteiger charge is -2.18. The number of nitrogens with one attached hydrogen (secondary N) is 1. The maximum Gasteiger partial charge on any atom is 0.0954 e. The molecule has 1 aromatic heterocycles. The van der Waals surface area contributed by atoms with Crippen molar-refractivity contribution in [2.75, 3.05) is 20.3 Å². The molecule has 5 heteroatoms. The normalized spacial score (nSPS) is 14.9. The fraction of sp³-hybridized carbons (Fsp3) is 0.786. The summed E-state index contributed by atoms with van der Waals surface area (Å²) < 4.78 is 5.08. The van der Waals surface area contributed by atoms with Crippen LogP contribution in [0, 0.1) is 12.8 Å². The third kappa shape index (κ3) is 5.18. The van der Waals surface area contributed by atoms with E-state index < -0.39 is 0 Å². The Morgan fingerprint density at radius 3 is 2.63 bits per heavy atom. The molecule has 0 amide bonds. The van der Waals surface area contributed by atoms with E-state index in [1.807, 2.05) is 20.8 Å². The maximum absolute atomic E-state index is 9.82. The Morgan fingerprint density at radius 1 is 1.37 bits per heavy atom. The number of thiazole rings is 1. The Morgan fingerprint density at radius 2 is 2.05 bits per heavy atom. The van der Waals surface area contributed by atoms with E-state index in [1.165, 1.54) is 4.88 Å². The quantitative estimate of drug-likeness (QED) is 0.770. The summed E-state index contributed by atoms with van der Waals surface area (Å²) in [6.45, 7) is 9.53. The smallest absolute Gasteiger partial charge is 0.0954 e. The lowest BCUT2D eigenvalue weighted by molar-refractivity contribution is 0.121. The van der Waals surface area contributed by atoms with Crippen LogP contribution in [0.2, 0.25) is 0 Å². The molecule has 0 aliphatic rings. The van der Waals surface area contributed by atoms with Gasteiger partial charge in [-0.15, -0.1) is 11.3 Å². The van der Waals surface area contributed by atoms with E-state index in [4.69, 9.17) is 4.74 Å². The zero-order valence-electron chi connectivity index (χ0n) is 12.6. The summed E-state index contributed by atoms with van der Waals surface area (Å²) in [5.74, 6) is 0.277. The van der Waals surface area contributed by atoms with Gasteiger partial charge in [0.05, 0.1) is 23.4 Å². The van der Waals surface area contributed by atoms with Crippen molar-refractivity contribution in [2.45, 2.75) is 46.3 Å². The Bertz CT molecular complexity index is 380. The number of aliphatic hydroxyl groups is 1. The van der Waals surface area contributed by atoms with E-state index in [0.29, 0.717) is 13.2 Å². The van der Waals surface area contributed by atoms with Crippen LogP contribution >= 0.6 is 11.3 Å². The van der Waals surface area contributed by atoms with Crippen molar-refractivity contribution in [2.24, 2.45) is 5.92 Å². The summed E-state index contributed by atoms with van der Waals surface area (Å²) in [6.07, 6.45) is 0.562. The SMILES string of the molecule is COCCc1nc(C)c(C(C)NCC(O)C(C)C)s1. The van der Waals surface area contributed by atoms with Gasteiger partial charge in [-0.1, -0.05) is 13.8 Å². The molecule has 0 aromatic carbocycles. The van der Waals surface area contributed by atoms with E-state index in [0.717, 1.165) is 17.1 Å². The van der Waals surface area contributed by atoms with Gasteiger partial charge in [0, 0.05) is 31.0 Å². The molecule has 110 valence electrons. The highest BCUT2D eigenvalue weighted by Gasteiger charge is 2.16.